The van der Waals surface area contributed by atoms with Gasteiger partial charge in [0.15, 0.2) is 0 Å². The van der Waals surface area contributed by atoms with E-state index in [0.717, 1.165) is 0 Å². The monoisotopic (exact) mass is 152 g/mol. The van der Waals surface area contributed by atoms with Crippen LogP contribution in [0.4, 0.5) is 10.1 Å². The molecule has 0 saturated carbocycles. The van der Waals surface area contributed by atoms with Crippen molar-refractivity contribution in [3.05, 3.63) is 30.1 Å². The average Bonchev–Trinajstić information content (AvgIpc) is 1.85. The van der Waals surface area contributed by atoms with Crippen LogP contribution in [0.2, 0.25) is 0 Å². The van der Waals surface area contributed by atoms with Crippen LogP contribution in [0.5, 0.6) is 0 Å². The molecule has 0 fully saturated rings. The van der Waals surface area contributed by atoms with Crippen LogP contribution >= 0.6 is 0 Å². The maximum Gasteiger partial charge on any atom is 0.221 e. The molecule has 3 heteroatoms. The molecule has 1 rings (SSSR count). The van der Waals surface area contributed by atoms with Crippen LogP contribution in [0.15, 0.2) is 18.2 Å². The largest absolute Gasteiger partial charge is 0.326 e. The zero-order chi connectivity index (χ0) is 8.27. The summed E-state index contributed by atoms with van der Waals surface area (Å²) in [5.41, 5.74) is 0.359. The Labute approximate surface area is 64.0 Å². The fraction of sp³-hybridized carbons (Fsp3) is 0.125. The molecule has 0 bridgehead atoms. The molecule has 1 radical (unpaired) electrons. The Kier molecular flexibility index (Phi) is 2.21. The van der Waals surface area contributed by atoms with Crippen molar-refractivity contribution in [3.63, 3.8) is 0 Å². The van der Waals surface area contributed by atoms with Gasteiger partial charge in [-0.2, -0.15) is 0 Å². The van der Waals surface area contributed by atoms with Gasteiger partial charge in [-0.1, -0.05) is 0 Å². The van der Waals surface area contributed by atoms with Crippen molar-refractivity contribution in [2.75, 3.05) is 5.32 Å². The van der Waals surface area contributed by atoms with Gasteiger partial charge in [0.25, 0.3) is 0 Å². The Hall–Kier alpha value is -1.38. The molecule has 0 aliphatic rings. The highest BCUT2D eigenvalue weighted by Gasteiger charge is 1.95. The van der Waals surface area contributed by atoms with Gasteiger partial charge in [-0.3, -0.25) is 4.79 Å². The van der Waals surface area contributed by atoms with Crippen LogP contribution in [0.1, 0.15) is 6.92 Å². The first-order valence-electron chi connectivity index (χ1n) is 3.13. The van der Waals surface area contributed by atoms with Crippen molar-refractivity contribution in [3.8, 4) is 0 Å². The molecule has 1 aromatic rings. The van der Waals surface area contributed by atoms with Crippen molar-refractivity contribution in [1.29, 1.82) is 0 Å². The van der Waals surface area contributed by atoms with E-state index in [2.05, 4.69) is 11.4 Å². The van der Waals surface area contributed by atoms with Gasteiger partial charge < -0.3 is 5.32 Å². The van der Waals surface area contributed by atoms with E-state index in [-0.39, 0.29) is 11.7 Å². The van der Waals surface area contributed by atoms with Gasteiger partial charge in [0.2, 0.25) is 5.91 Å². The summed E-state index contributed by atoms with van der Waals surface area (Å²) in [6.07, 6.45) is 0. The van der Waals surface area contributed by atoms with Crippen LogP contribution < -0.4 is 5.32 Å². The minimum atomic E-state index is -0.382. The number of hydrogen-bond acceptors (Lipinski definition) is 1. The first kappa shape index (κ1) is 7.72. The van der Waals surface area contributed by atoms with Crippen molar-refractivity contribution < 1.29 is 9.18 Å². The second-order valence-electron chi connectivity index (χ2n) is 2.10. The third-order valence-electron chi connectivity index (χ3n) is 1.07. The fourth-order valence-electron chi connectivity index (χ4n) is 0.701. The number of hydrogen-bond donors (Lipinski definition) is 1. The van der Waals surface area contributed by atoms with Gasteiger partial charge in [0, 0.05) is 13.0 Å². The van der Waals surface area contributed by atoms with E-state index in [1.54, 1.807) is 0 Å². The number of carbonyl (C=O) groups is 1. The molecule has 2 nitrogen and oxygen atoms in total. The normalized spacial score (nSPS) is 9.27. The van der Waals surface area contributed by atoms with Crippen molar-refractivity contribution in [1.82, 2.24) is 0 Å². The molecule has 0 aromatic heterocycles. The van der Waals surface area contributed by atoms with Crippen molar-refractivity contribution >= 4 is 11.6 Å². The molecular weight excluding hydrogens is 145 g/mol. The zero-order valence-corrected chi connectivity index (χ0v) is 6.02. The molecular formula is C8H7FNO. The molecule has 0 unspecified atom stereocenters. The SMILES string of the molecule is CC(=O)Nc1[c]ccc(F)c1. The highest BCUT2D eigenvalue weighted by atomic mass is 19.1. The summed E-state index contributed by atoms with van der Waals surface area (Å²) in [7, 11) is 0. The number of halogens is 1. The van der Waals surface area contributed by atoms with Crippen LogP contribution in [-0.2, 0) is 4.79 Å². The predicted octanol–water partition coefficient (Wildman–Crippen LogP) is 1.58. The van der Waals surface area contributed by atoms with E-state index >= 15 is 0 Å². The van der Waals surface area contributed by atoms with Gasteiger partial charge in [-0.25, -0.2) is 4.39 Å². The number of nitrogens with one attached hydrogen (secondary N) is 1. The second-order valence-corrected chi connectivity index (χ2v) is 2.10. The van der Waals surface area contributed by atoms with Crippen LogP contribution in [-0.4, -0.2) is 5.91 Å². The third-order valence-corrected chi connectivity index (χ3v) is 1.07. The van der Waals surface area contributed by atoms with E-state index in [9.17, 15) is 9.18 Å². The van der Waals surface area contributed by atoms with Crippen LogP contribution in [0.25, 0.3) is 0 Å². The fourth-order valence-corrected chi connectivity index (χ4v) is 0.701. The van der Waals surface area contributed by atoms with Gasteiger partial charge in [-0.05, 0) is 18.2 Å². The molecule has 0 saturated heterocycles. The van der Waals surface area contributed by atoms with E-state index in [1.165, 1.54) is 25.1 Å². The summed E-state index contributed by atoms with van der Waals surface area (Å²) >= 11 is 0. The lowest BCUT2D eigenvalue weighted by atomic mass is 10.3. The average molecular weight is 152 g/mol. The number of benzene rings is 1. The lowest BCUT2D eigenvalue weighted by Gasteiger charge is -1.99. The van der Waals surface area contributed by atoms with Gasteiger partial charge in [-0.15, -0.1) is 0 Å². The molecule has 1 N–H and O–H groups in total. The molecule has 57 valence electrons. The quantitative estimate of drug-likeness (QED) is 0.650. The number of rotatable bonds is 1. The molecule has 0 aliphatic heterocycles. The summed E-state index contributed by atoms with van der Waals surface area (Å²) in [6, 6.07) is 6.56. The molecule has 0 atom stereocenters. The maximum absolute atomic E-state index is 12.4. The highest BCUT2D eigenvalue weighted by molar-refractivity contribution is 5.88. The van der Waals surface area contributed by atoms with Gasteiger partial charge in [0.1, 0.15) is 5.82 Å². The van der Waals surface area contributed by atoms with Crippen LogP contribution in [0, 0.1) is 11.9 Å². The Morgan fingerprint density at radius 1 is 1.73 bits per heavy atom. The minimum Gasteiger partial charge on any atom is -0.326 e. The Morgan fingerprint density at radius 2 is 2.45 bits per heavy atom. The van der Waals surface area contributed by atoms with Gasteiger partial charge in [0.05, 0.1) is 5.69 Å². The van der Waals surface area contributed by atoms with Crippen LogP contribution in [0.3, 0.4) is 0 Å². The summed E-state index contributed by atoms with van der Waals surface area (Å²) in [4.78, 5) is 10.5. The van der Waals surface area contributed by atoms with E-state index in [1.807, 2.05) is 0 Å². The Balaban J connectivity index is 2.79. The Morgan fingerprint density at radius 3 is 3.00 bits per heavy atom. The van der Waals surface area contributed by atoms with Crippen molar-refractivity contribution in [2.24, 2.45) is 0 Å². The standard InChI is InChI=1S/C8H7FNO/c1-6(11)10-8-4-2-3-7(9)5-8/h2-3,5H,1H3,(H,10,11). The summed E-state index contributed by atoms with van der Waals surface area (Å²) in [5.74, 6) is -0.612. The number of anilines is 1. The zero-order valence-electron chi connectivity index (χ0n) is 6.02. The molecule has 11 heavy (non-hydrogen) atoms. The highest BCUT2D eigenvalue weighted by Crippen LogP contribution is 2.07. The molecule has 0 aliphatic carbocycles. The predicted molar refractivity (Wildman–Crippen MR) is 39.5 cm³/mol. The topological polar surface area (TPSA) is 29.1 Å². The molecule has 0 heterocycles. The molecule has 1 aromatic carbocycles. The first-order chi connectivity index (χ1) is 5.18. The summed E-state index contributed by atoms with van der Waals surface area (Å²) in [6.45, 7) is 1.36. The molecule has 1 amide bonds. The third kappa shape index (κ3) is 2.37. The number of amides is 1. The van der Waals surface area contributed by atoms with E-state index < -0.39 is 0 Å². The first-order valence-corrected chi connectivity index (χ1v) is 3.13. The van der Waals surface area contributed by atoms with E-state index in [4.69, 9.17) is 0 Å². The minimum absolute atomic E-state index is 0.230. The van der Waals surface area contributed by atoms with E-state index in [0.29, 0.717) is 5.69 Å². The smallest absolute Gasteiger partial charge is 0.221 e. The Bertz CT molecular complexity index is 273. The molecule has 0 spiro atoms. The number of carbonyl (C=O) groups excluding carboxylic acids is 1. The lowest BCUT2D eigenvalue weighted by Crippen LogP contribution is -2.05. The summed E-state index contributed by atoms with van der Waals surface area (Å²) in [5, 5.41) is 2.41. The lowest BCUT2D eigenvalue weighted by molar-refractivity contribution is -0.114. The van der Waals surface area contributed by atoms with Gasteiger partial charge >= 0.3 is 0 Å². The maximum atomic E-state index is 12.4. The van der Waals surface area contributed by atoms with Crippen molar-refractivity contribution in [2.45, 2.75) is 6.92 Å². The second kappa shape index (κ2) is 3.14. The summed E-state index contributed by atoms with van der Waals surface area (Å²) < 4.78 is 12.4.